The van der Waals surface area contributed by atoms with Gasteiger partial charge in [0, 0.05) is 11.1 Å². The predicted octanol–water partition coefficient (Wildman–Crippen LogP) is 2.03. The van der Waals surface area contributed by atoms with E-state index in [1.165, 1.54) is 0 Å². The number of urea groups is 1. The lowest BCUT2D eigenvalue weighted by Crippen LogP contribution is -2.45. The number of hydrogen-bond donors (Lipinski definition) is 2. The molecule has 0 bridgehead atoms. The molecule has 1 aromatic rings. The molecule has 2 N–H and O–H groups in total. The number of hydrogen-bond acceptors (Lipinski definition) is 5. The molecule has 0 unspecified atom stereocenters. The number of rotatable bonds is 6. The van der Waals surface area contributed by atoms with Crippen molar-refractivity contribution in [1.29, 1.82) is 0 Å². The SMILES string of the molecule is O=C(COC(=O)COc1ccc(Cl)cc1)NC(=O)NC1CCCC1. The van der Waals surface area contributed by atoms with E-state index in [2.05, 4.69) is 10.6 Å². The van der Waals surface area contributed by atoms with Crippen LogP contribution in [0, 0.1) is 0 Å². The molecule has 1 aromatic carbocycles. The molecule has 1 fully saturated rings. The minimum atomic E-state index is -0.712. The number of ether oxygens (including phenoxy) is 2. The smallest absolute Gasteiger partial charge is 0.344 e. The fourth-order valence-corrected chi connectivity index (χ4v) is 2.44. The van der Waals surface area contributed by atoms with Crippen molar-refractivity contribution in [3.8, 4) is 5.75 Å². The van der Waals surface area contributed by atoms with Gasteiger partial charge in [-0.15, -0.1) is 0 Å². The van der Waals surface area contributed by atoms with E-state index < -0.39 is 24.5 Å². The van der Waals surface area contributed by atoms with Crippen LogP contribution in [-0.2, 0) is 14.3 Å². The largest absolute Gasteiger partial charge is 0.482 e. The van der Waals surface area contributed by atoms with E-state index in [4.69, 9.17) is 21.1 Å². The molecule has 0 aromatic heterocycles. The second-order valence-corrected chi connectivity index (χ2v) is 5.84. The normalized spacial score (nSPS) is 14.0. The molecule has 0 saturated heterocycles. The standard InChI is InChI=1S/C16H19ClN2O5/c17-11-5-7-13(8-6-11)23-10-15(21)24-9-14(20)19-16(22)18-12-3-1-2-4-12/h5-8,12H,1-4,9-10H2,(H2,18,19,20,22). The lowest BCUT2D eigenvalue weighted by molar-refractivity contribution is -0.150. The maximum Gasteiger partial charge on any atom is 0.344 e. The Morgan fingerprint density at radius 3 is 2.42 bits per heavy atom. The van der Waals surface area contributed by atoms with Crippen LogP contribution in [0.2, 0.25) is 5.02 Å². The minimum absolute atomic E-state index is 0.105. The van der Waals surface area contributed by atoms with Crippen molar-refractivity contribution in [2.24, 2.45) is 0 Å². The first-order valence-electron chi connectivity index (χ1n) is 7.67. The molecule has 0 atom stereocenters. The maximum absolute atomic E-state index is 11.6. The highest BCUT2D eigenvalue weighted by molar-refractivity contribution is 6.30. The fourth-order valence-electron chi connectivity index (χ4n) is 2.32. The van der Waals surface area contributed by atoms with Crippen molar-refractivity contribution in [1.82, 2.24) is 10.6 Å². The third-order valence-corrected chi connectivity index (χ3v) is 3.73. The van der Waals surface area contributed by atoms with Crippen LogP contribution in [0.3, 0.4) is 0 Å². The van der Waals surface area contributed by atoms with Gasteiger partial charge in [-0.05, 0) is 37.1 Å². The summed E-state index contributed by atoms with van der Waals surface area (Å²) in [5.74, 6) is -0.946. The monoisotopic (exact) mass is 354 g/mol. The summed E-state index contributed by atoms with van der Waals surface area (Å²) < 4.78 is 9.92. The Bertz CT molecular complexity index is 585. The first-order valence-corrected chi connectivity index (χ1v) is 8.05. The van der Waals surface area contributed by atoms with E-state index in [1.807, 2.05) is 0 Å². The Balaban J connectivity index is 1.60. The van der Waals surface area contributed by atoms with Crippen LogP contribution in [0.25, 0.3) is 0 Å². The first-order chi connectivity index (χ1) is 11.5. The first kappa shape index (κ1) is 18.1. The van der Waals surface area contributed by atoms with Gasteiger partial charge < -0.3 is 14.8 Å². The summed E-state index contributed by atoms with van der Waals surface area (Å²) in [5, 5.41) is 5.38. The number of halogens is 1. The lowest BCUT2D eigenvalue weighted by atomic mass is 10.2. The van der Waals surface area contributed by atoms with Crippen molar-refractivity contribution in [2.75, 3.05) is 13.2 Å². The average molecular weight is 355 g/mol. The second kappa shape index (κ2) is 9.12. The Morgan fingerprint density at radius 2 is 1.75 bits per heavy atom. The molecule has 1 aliphatic rings. The van der Waals surface area contributed by atoms with Gasteiger partial charge in [0.1, 0.15) is 5.75 Å². The van der Waals surface area contributed by atoms with Crippen LogP contribution in [0.4, 0.5) is 4.79 Å². The summed E-state index contributed by atoms with van der Waals surface area (Å²) >= 11 is 5.73. The highest BCUT2D eigenvalue weighted by atomic mass is 35.5. The molecule has 1 saturated carbocycles. The van der Waals surface area contributed by atoms with E-state index >= 15 is 0 Å². The number of esters is 1. The van der Waals surface area contributed by atoms with Crippen LogP contribution in [0.1, 0.15) is 25.7 Å². The molecule has 0 spiro atoms. The van der Waals surface area contributed by atoms with Gasteiger partial charge in [-0.3, -0.25) is 10.1 Å². The van der Waals surface area contributed by atoms with Crippen molar-refractivity contribution < 1.29 is 23.9 Å². The summed E-state index contributed by atoms with van der Waals surface area (Å²) in [6.07, 6.45) is 3.98. The van der Waals surface area contributed by atoms with E-state index in [1.54, 1.807) is 24.3 Å². The third kappa shape index (κ3) is 6.45. The molecule has 0 heterocycles. The van der Waals surface area contributed by atoms with Crippen LogP contribution in [-0.4, -0.2) is 37.2 Å². The molecule has 0 radical (unpaired) electrons. The van der Waals surface area contributed by atoms with Crippen LogP contribution in [0.15, 0.2) is 24.3 Å². The van der Waals surface area contributed by atoms with Gasteiger partial charge in [-0.25, -0.2) is 9.59 Å². The van der Waals surface area contributed by atoms with Crippen LogP contribution < -0.4 is 15.4 Å². The summed E-state index contributed by atoms with van der Waals surface area (Å²) in [4.78, 5) is 34.6. The summed E-state index contributed by atoms with van der Waals surface area (Å²) in [6, 6.07) is 6.00. The van der Waals surface area contributed by atoms with Gasteiger partial charge in [0.2, 0.25) is 0 Å². The molecule has 1 aliphatic carbocycles. The number of carbonyl (C=O) groups is 3. The zero-order valence-electron chi connectivity index (χ0n) is 13.0. The van der Waals surface area contributed by atoms with E-state index in [0.717, 1.165) is 25.7 Å². The van der Waals surface area contributed by atoms with E-state index in [0.29, 0.717) is 10.8 Å². The quantitative estimate of drug-likeness (QED) is 0.762. The Labute approximate surface area is 144 Å². The van der Waals surface area contributed by atoms with E-state index in [-0.39, 0.29) is 12.6 Å². The van der Waals surface area contributed by atoms with Gasteiger partial charge in [0.15, 0.2) is 13.2 Å². The number of imide groups is 1. The summed E-state index contributed by atoms with van der Waals surface area (Å²) in [7, 11) is 0. The van der Waals surface area contributed by atoms with Gasteiger partial charge in [-0.1, -0.05) is 24.4 Å². The molecule has 3 amide bonds. The molecule has 24 heavy (non-hydrogen) atoms. The van der Waals surface area contributed by atoms with Crippen molar-refractivity contribution in [3.63, 3.8) is 0 Å². The Morgan fingerprint density at radius 1 is 1.08 bits per heavy atom. The van der Waals surface area contributed by atoms with E-state index in [9.17, 15) is 14.4 Å². The Hall–Kier alpha value is -2.28. The average Bonchev–Trinajstić information content (AvgIpc) is 3.05. The highest BCUT2D eigenvalue weighted by Gasteiger charge is 2.18. The molecule has 8 heteroatoms. The lowest BCUT2D eigenvalue weighted by Gasteiger charge is -2.12. The summed E-state index contributed by atoms with van der Waals surface area (Å²) in [5.41, 5.74) is 0. The second-order valence-electron chi connectivity index (χ2n) is 5.41. The van der Waals surface area contributed by atoms with Crippen molar-refractivity contribution in [3.05, 3.63) is 29.3 Å². The molecule has 0 aliphatic heterocycles. The van der Waals surface area contributed by atoms with Gasteiger partial charge in [-0.2, -0.15) is 0 Å². The third-order valence-electron chi connectivity index (χ3n) is 3.48. The topological polar surface area (TPSA) is 93.7 Å². The van der Waals surface area contributed by atoms with Gasteiger partial charge in [0.05, 0.1) is 0 Å². The fraction of sp³-hybridized carbons (Fsp3) is 0.438. The number of nitrogens with one attached hydrogen (secondary N) is 2. The van der Waals surface area contributed by atoms with Crippen LogP contribution >= 0.6 is 11.6 Å². The summed E-state index contributed by atoms with van der Waals surface area (Å²) in [6.45, 7) is -0.885. The molecule has 2 rings (SSSR count). The number of carbonyl (C=O) groups excluding carboxylic acids is 3. The number of benzene rings is 1. The Kier molecular flexibility index (Phi) is 6.87. The van der Waals surface area contributed by atoms with Gasteiger partial charge >= 0.3 is 12.0 Å². The minimum Gasteiger partial charge on any atom is -0.482 e. The molecule has 7 nitrogen and oxygen atoms in total. The van der Waals surface area contributed by atoms with Crippen molar-refractivity contribution in [2.45, 2.75) is 31.7 Å². The zero-order chi connectivity index (χ0) is 17.4. The van der Waals surface area contributed by atoms with Gasteiger partial charge in [0.25, 0.3) is 5.91 Å². The number of amides is 3. The highest BCUT2D eigenvalue weighted by Crippen LogP contribution is 2.17. The van der Waals surface area contributed by atoms with Crippen LogP contribution in [0.5, 0.6) is 5.75 Å². The molecular formula is C16H19ClN2O5. The maximum atomic E-state index is 11.6. The molecule has 130 valence electrons. The zero-order valence-corrected chi connectivity index (χ0v) is 13.8. The van der Waals surface area contributed by atoms with Crippen molar-refractivity contribution >= 4 is 29.5 Å². The predicted molar refractivity (Wildman–Crippen MR) is 86.8 cm³/mol. The molecular weight excluding hydrogens is 336 g/mol.